The van der Waals surface area contributed by atoms with Gasteiger partial charge in [0.1, 0.15) is 24.1 Å². The fourth-order valence-electron chi connectivity index (χ4n) is 3.09. The Morgan fingerprint density at radius 1 is 1.48 bits per heavy atom. The monoisotopic (exact) mass is 413 g/mol. The van der Waals surface area contributed by atoms with Crippen molar-refractivity contribution >= 4 is 17.9 Å². The number of ether oxygens (including phenoxy) is 3. The fraction of sp³-hybridized carbons (Fsp3) is 0.611. The molecule has 11 heteroatoms. The molecule has 0 unspecified atom stereocenters. The van der Waals surface area contributed by atoms with Crippen LogP contribution >= 0.6 is 0 Å². The summed E-state index contributed by atoms with van der Waals surface area (Å²) in [6.07, 6.45) is -2.54. The van der Waals surface area contributed by atoms with Gasteiger partial charge in [0.2, 0.25) is 0 Å². The smallest absolute Gasteiger partial charge is 0.363 e. The zero-order chi connectivity index (χ0) is 22.0. The standard InChI is InChI=1S/C18H27N3O8/c1-5-10-6-21(16(26)20-14(10)19)18(13(24)12(23)11(7-22)29-18)15(25)28-9-17(2,3)8-27-4/h5-6,11-13,22-24H,1,7-9H2,2-4H3,(H2,19,20,26)/t11-,12-,13-,18+/m1/s1. The Labute approximate surface area is 167 Å². The summed E-state index contributed by atoms with van der Waals surface area (Å²) in [4.78, 5) is 29.2. The van der Waals surface area contributed by atoms with Crippen LogP contribution in [0.15, 0.2) is 17.6 Å². The van der Waals surface area contributed by atoms with Crippen LogP contribution < -0.4 is 11.4 Å². The highest BCUT2D eigenvalue weighted by atomic mass is 16.6. The molecule has 0 radical (unpaired) electrons. The van der Waals surface area contributed by atoms with Gasteiger partial charge in [-0.25, -0.2) is 9.59 Å². The van der Waals surface area contributed by atoms with Crippen molar-refractivity contribution in [1.82, 2.24) is 9.55 Å². The molecule has 0 bridgehead atoms. The predicted octanol–water partition coefficient (Wildman–Crippen LogP) is -1.55. The number of aromatic nitrogens is 2. The van der Waals surface area contributed by atoms with Gasteiger partial charge in [-0.2, -0.15) is 4.98 Å². The summed E-state index contributed by atoms with van der Waals surface area (Å²) in [6.45, 7) is 6.53. The molecule has 5 N–H and O–H groups in total. The molecule has 162 valence electrons. The maximum Gasteiger partial charge on any atom is 0.363 e. The van der Waals surface area contributed by atoms with E-state index in [1.807, 2.05) is 0 Å². The van der Waals surface area contributed by atoms with E-state index in [0.29, 0.717) is 4.57 Å². The molecule has 1 aliphatic heterocycles. The van der Waals surface area contributed by atoms with E-state index in [-0.39, 0.29) is 24.6 Å². The number of carbonyl (C=O) groups excluding carboxylic acids is 1. The molecule has 1 aromatic rings. The quantitative estimate of drug-likeness (QED) is 0.366. The number of hydrogen-bond donors (Lipinski definition) is 4. The lowest BCUT2D eigenvalue weighted by atomic mass is 9.96. The first-order valence-corrected chi connectivity index (χ1v) is 8.87. The first kappa shape index (κ1) is 23.0. The van der Waals surface area contributed by atoms with E-state index >= 15 is 0 Å². The Kier molecular flexibility index (Phi) is 6.81. The van der Waals surface area contributed by atoms with Crippen LogP contribution in [-0.2, 0) is 24.7 Å². The number of aliphatic hydroxyl groups is 3. The number of rotatable bonds is 8. The molecule has 0 spiro atoms. The van der Waals surface area contributed by atoms with Crippen molar-refractivity contribution in [2.75, 3.05) is 32.7 Å². The number of esters is 1. The molecule has 11 nitrogen and oxygen atoms in total. The zero-order valence-corrected chi connectivity index (χ0v) is 16.6. The molecule has 0 aromatic carbocycles. The van der Waals surface area contributed by atoms with E-state index in [0.717, 1.165) is 6.20 Å². The largest absolute Gasteiger partial charge is 0.461 e. The maximum absolute atomic E-state index is 13.1. The predicted molar refractivity (Wildman–Crippen MR) is 102 cm³/mol. The number of carbonyl (C=O) groups is 1. The summed E-state index contributed by atoms with van der Waals surface area (Å²) < 4.78 is 16.6. The summed E-state index contributed by atoms with van der Waals surface area (Å²) in [5, 5.41) is 30.4. The normalized spacial score (nSPS) is 27.0. The van der Waals surface area contributed by atoms with Gasteiger partial charge in [-0.15, -0.1) is 0 Å². The molecular weight excluding hydrogens is 386 g/mol. The van der Waals surface area contributed by atoms with Gasteiger partial charge in [0.05, 0.1) is 19.8 Å². The van der Waals surface area contributed by atoms with Crippen LogP contribution in [0, 0.1) is 5.41 Å². The minimum absolute atomic E-state index is 0.136. The van der Waals surface area contributed by atoms with Gasteiger partial charge in [-0.3, -0.25) is 4.57 Å². The third kappa shape index (κ3) is 4.19. The van der Waals surface area contributed by atoms with Crippen molar-refractivity contribution in [1.29, 1.82) is 0 Å². The number of nitrogens with two attached hydrogens (primary N) is 1. The second-order valence-electron chi connectivity index (χ2n) is 7.58. The molecule has 4 atom stereocenters. The van der Waals surface area contributed by atoms with E-state index < -0.39 is 47.7 Å². The van der Waals surface area contributed by atoms with Gasteiger partial charge in [0.25, 0.3) is 5.72 Å². The molecular formula is C18H27N3O8. The number of nitrogens with zero attached hydrogens (tertiary/aromatic N) is 2. The summed E-state index contributed by atoms with van der Waals surface area (Å²) in [5.41, 5.74) is 1.77. The van der Waals surface area contributed by atoms with Crippen LogP contribution in [0.3, 0.4) is 0 Å². The van der Waals surface area contributed by atoms with Crippen molar-refractivity contribution < 1.29 is 34.3 Å². The molecule has 1 aliphatic rings. The number of anilines is 1. The van der Waals surface area contributed by atoms with Crippen LogP contribution in [0.5, 0.6) is 0 Å². The van der Waals surface area contributed by atoms with Crippen LogP contribution in [0.4, 0.5) is 5.82 Å². The number of hydrogen-bond acceptors (Lipinski definition) is 10. The Morgan fingerprint density at radius 3 is 2.66 bits per heavy atom. The van der Waals surface area contributed by atoms with Gasteiger partial charge in [-0.05, 0) is 0 Å². The van der Waals surface area contributed by atoms with Crippen molar-refractivity contribution in [3.63, 3.8) is 0 Å². The van der Waals surface area contributed by atoms with E-state index in [9.17, 15) is 24.9 Å². The van der Waals surface area contributed by atoms with Crippen molar-refractivity contribution in [3.8, 4) is 0 Å². The third-order valence-electron chi connectivity index (χ3n) is 4.60. The molecule has 29 heavy (non-hydrogen) atoms. The van der Waals surface area contributed by atoms with Gasteiger partial charge in [-0.1, -0.05) is 26.5 Å². The van der Waals surface area contributed by atoms with E-state index in [1.165, 1.54) is 13.2 Å². The second-order valence-corrected chi connectivity index (χ2v) is 7.58. The lowest BCUT2D eigenvalue weighted by molar-refractivity contribution is -0.205. The maximum atomic E-state index is 13.1. The molecule has 0 amide bonds. The Hall–Kier alpha value is -2.31. The number of nitrogen functional groups attached to an aromatic ring is 1. The second kappa shape index (κ2) is 8.59. The topological polar surface area (TPSA) is 166 Å². The van der Waals surface area contributed by atoms with Gasteiger partial charge < -0.3 is 35.3 Å². The lowest BCUT2D eigenvalue weighted by Crippen LogP contribution is -2.57. The summed E-state index contributed by atoms with van der Waals surface area (Å²) in [5.74, 6) is -1.29. The molecule has 1 aromatic heterocycles. The van der Waals surface area contributed by atoms with Crippen LogP contribution in [-0.4, -0.2) is 76.1 Å². The Balaban J connectivity index is 2.56. The minimum Gasteiger partial charge on any atom is -0.461 e. The van der Waals surface area contributed by atoms with Crippen LogP contribution in [0.2, 0.25) is 0 Å². The zero-order valence-electron chi connectivity index (χ0n) is 16.6. The summed E-state index contributed by atoms with van der Waals surface area (Å²) in [6, 6.07) is 0. The summed E-state index contributed by atoms with van der Waals surface area (Å²) >= 11 is 0. The average Bonchev–Trinajstić information content (AvgIpc) is 2.92. The van der Waals surface area contributed by atoms with E-state index in [1.54, 1.807) is 13.8 Å². The molecule has 2 heterocycles. The summed E-state index contributed by atoms with van der Waals surface area (Å²) in [7, 11) is 1.49. The van der Waals surface area contributed by atoms with Gasteiger partial charge in [0.15, 0.2) is 0 Å². The fourth-order valence-corrected chi connectivity index (χ4v) is 3.09. The average molecular weight is 413 g/mol. The van der Waals surface area contributed by atoms with Crippen LogP contribution in [0.1, 0.15) is 19.4 Å². The SMILES string of the molecule is C=Cc1cn([C@]2(C(=O)OCC(C)(C)COC)O[C@H](CO)[C@@H](O)[C@H]2O)c(=O)nc1N. The highest BCUT2D eigenvalue weighted by Gasteiger charge is 2.62. The minimum atomic E-state index is -2.48. The molecule has 1 fully saturated rings. The first-order chi connectivity index (χ1) is 13.5. The Morgan fingerprint density at radius 2 is 2.14 bits per heavy atom. The number of aliphatic hydroxyl groups excluding tert-OH is 3. The molecule has 0 aliphatic carbocycles. The third-order valence-corrected chi connectivity index (χ3v) is 4.60. The van der Waals surface area contributed by atoms with Crippen molar-refractivity contribution in [3.05, 3.63) is 28.8 Å². The van der Waals surface area contributed by atoms with Gasteiger partial charge in [0, 0.05) is 24.3 Å². The van der Waals surface area contributed by atoms with Gasteiger partial charge >= 0.3 is 11.7 Å². The van der Waals surface area contributed by atoms with E-state index in [4.69, 9.17) is 19.9 Å². The highest BCUT2D eigenvalue weighted by Crippen LogP contribution is 2.37. The highest BCUT2D eigenvalue weighted by molar-refractivity contribution is 5.79. The molecule has 2 rings (SSSR count). The molecule has 1 saturated heterocycles. The lowest BCUT2D eigenvalue weighted by Gasteiger charge is -2.33. The Bertz CT molecular complexity index is 824. The van der Waals surface area contributed by atoms with E-state index in [2.05, 4.69) is 11.6 Å². The number of methoxy groups -OCH3 is 1. The van der Waals surface area contributed by atoms with Crippen molar-refractivity contribution in [2.45, 2.75) is 37.9 Å². The van der Waals surface area contributed by atoms with Crippen LogP contribution in [0.25, 0.3) is 6.08 Å². The first-order valence-electron chi connectivity index (χ1n) is 8.87. The molecule has 0 saturated carbocycles. The van der Waals surface area contributed by atoms with Crippen molar-refractivity contribution in [2.24, 2.45) is 5.41 Å².